The topological polar surface area (TPSA) is 98.2 Å². The lowest BCUT2D eigenvalue weighted by Crippen LogP contribution is -2.46. The highest BCUT2D eigenvalue weighted by atomic mass is 16.2. The lowest BCUT2D eigenvalue weighted by atomic mass is 10.0. The quantitative estimate of drug-likeness (QED) is 0.539. The molecule has 0 spiro atoms. The van der Waals surface area contributed by atoms with Gasteiger partial charge in [0.1, 0.15) is 0 Å². The van der Waals surface area contributed by atoms with Crippen molar-refractivity contribution in [3.05, 3.63) is 0 Å². The molecule has 0 aliphatic carbocycles. The molecule has 0 aromatic rings. The fourth-order valence-corrected chi connectivity index (χ4v) is 0.829. The van der Waals surface area contributed by atoms with Crippen LogP contribution < -0.4 is 16.8 Å². The average Bonchev–Trinajstić information content (AvgIpc) is 1.84. The minimum Gasteiger partial charge on any atom is -0.351 e. The summed E-state index contributed by atoms with van der Waals surface area (Å²) in [6.07, 6.45) is 0.541. The van der Waals surface area contributed by atoms with E-state index in [0.29, 0.717) is 12.3 Å². The normalized spacial score (nSPS) is 12.7. The Labute approximate surface area is 71.5 Å². The van der Waals surface area contributed by atoms with Gasteiger partial charge in [0.05, 0.1) is 6.04 Å². The van der Waals surface area contributed by atoms with Crippen molar-refractivity contribution in [1.29, 1.82) is 0 Å². The lowest BCUT2D eigenvalue weighted by molar-refractivity contribution is -0.121. The van der Waals surface area contributed by atoms with Crippen LogP contribution in [0.2, 0.25) is 0 Å². The number of imide groups is 1. The Hall–Kier alpha value is -1.10. The van der Waals surface area contributed by atoms with Crippen molar-refractivity contribution in [3.63, 3.8) is 0 Å². The maximum absolute atomic E-state index is 11.0. The number of urea groups is 1. The first-order valence-electron chi connectivity index (χ1n) is 3.79. The molecule has 3 amide bonds. The van der Waals surface area contributed by atoms with Crippen molar-refractivity contribution in [3.8, 4) is 0 Å². The third kappa shape index (κ3) is 4.68. The summed E-state index contributed by atoms with van der Waals surface area (Å²) in [5.41, 5.74) is 10.2. The van der Waals surface area contributed by atoms with E-state index in [1.54, 1.807) is 0 Å². The van der Waals surface area contributed by atoms with Crippen molar-refractivity contribution in [1.82, 2.24) is 5.32 Å². The largest absolute Gasteiger partial charge is 0.351 e. The minimum atomic E-state index is -0.862. The smallest absolute Gasteiger partial charge is 0.318 e. The summed E-state index contributed by atoms with van der Waals surface area (Å²) in [4.78, 5) is 21.2. The third-order valence-electron chi connectivity index (χ3n) is 1.31. The molecule has 0 aliphatic rings. The van der Waals surface area contributed by atoms with Crippen molar-refractivity contribution in [2.75, 3.05) is 0 Å². The van der Waals surface area contributed by atoms with E-state index in [1.807, 2.05) is 19.2 Å². The number of hydrogen-bond donors (Lipinski definition) is 3. The van der Waals surface area contributed by atoms with Gasteiger partial charge in [0.2, 0.25) is 5.91 Å². The van der Waals surface area contributed by atoms with Gasteiger partial charge in [-0.15, -0.1) is 0 Å². The van der Waals surface area contributed by atoms with Gasteiger partial charge in [-0.25, -0.2) is 4.79 Å². The Morgan fingerprint density at radius 1 is 1.42 bits per heavy atom. The lowest BCUT2D eigenvalue weighted by Gasteiger charge is -2.11. The third-order valence-corrected chi connectivity index (χ3v) is 1.31. The van der Waals surface area contributed by atoms with E-state index >= 15 is 0 Å². The van der Waals surface area contributed by atoms with Gasteiger partial charge in [-0.05, 0) is 12.3 Å². The number of nitrogens with one attached hydrogen (secondary N) is 1. The summed E-state index contributed by atoms with van der Waals surface area (Å²) >= 11 is 0. The Morgan fingerprint density at radius 3 is 2.25 bits per heavy atom. The number of amides is 3. The van der Waals surface area contributed by atoms with Crippen LogP contribution in [0.4, 0.5) is 4.79 Å². The van der Waals surface area contributed by atoms with Crippen LogP contribution >= 0.6 is 0 Å². The second-order valence-corrected chi connectivity index (χ2v) is 3.09. The average molecular weight is 173 g/mol. The molecule has 0 rings (SSSR count). The molecule has 0 heterocycles. The van der Waals surface area contributed by atoms with Crippen molar-refractivity contribution < 1.29 is 9.59 Å². The van der Waals surface area contributed by atoms with Gasteiger partial charge < -0.3 is 11.5 Å². The maximum Gasteiger partial charge on any atom is 0.318 e. The van der Waals surface area contributed by atoms with Crippen LogP contribution in [0.25, 0.3) is 0 Å². The van der Waals surface area contributed by atoms with Gasteiger partial charge in [-0.1, -0.05) is 13.8 Å². The molecule has 1 atom stereocenters. The minimum absolute atomic E-state index is 0.318. The van der Waals surface area contributed by atoms with Gasteiger partial charge in [-0.2, -0.15) is 0 Å². The number of carbonyl (C=O) groups is 2. The predicted molar refractivity (Wildman–Crippen MR) is 45.2 cm³/mol. The summed E-state index contributed by atoms with van der Waals surface area (Å²) in [5.74, 6) is -0.199. The number of rotatable bonds is 3. The SMILES string of the molecule is CC(C)C[C@@H](N)C(=O)NC(N)=O. The van der Waals surface area contributed by atoms with Gasteiger partial charge >= 0.3 is 6.03 Å². The van der Waals surface area contributed by atoms with Gasteiger partial charge in [-0.3, -0.25) is 10.1 Å². The molecular weight excluding hydrogens is 158 g/mol. The molecule has 0 aliphatic heterocycles. The second-order valence-electron chi connectivity index (χ2n) is 3.09. The Bertz CT molecular complexity index is 179. The summed E-state index contributed by atoms with van der Waals surface area (Å²) in [6, 6.07) is -1.52. The van der Waals surface area contributed by atoms with E-state index in [-0.39, 0.29) is 0 Å². The summed E-state index contributed by atoms with van der Waals surface area (Å²) in [7, 11) is 0. The van der Waals surface area contributed by atoms with Crippen LogP contribution in [0.1, 0.15) is 20.3 Å². The number of primary amides is 1. The predicted octanol–water partition coefficient (Wildman–Crippen LogP) is -0.445. The maximum atomic E-state index is 11.0. The molecule has 0 fully saturated rings. The second kappa shape index (κ2) is 4.71. The highest BCUT2D eigenvalue weighted by Crippen LogP contribution is 2.01. The summed E-state index contributed by atoms with van der Waals surface area (Å²) in [5, 5.41) is 1.92. The Kier molecular flexibility index (Phi) is 4.28. The molecular formula is C7H15N3O2. The standard InChI is InChI=1S/C7H15N3O2/c1-4(2)3-5(8)6(11)10-7(9)12/h4-5H,3,8H2,1-2H3,(H3,9,10,11,12)/t5-/m1/s1. The molecule has 0 unspecified atom stereocenters. The Balaban J connectivity index is 3.85. The van der Waals surface area contributed by atoms with Crippen molar-refractivity contribution >= 4 is 11.9 Å². The van der Waals surface area contributed by atoms with E-state index < -0.39 is 18.0 Å². The first-order chi connectivity index (χ1) is 5.43. The molecule has 0 aromatic carbocycles. The molecule has 0 bridgehead atoms. The van der Waals surface area contributed by atoms with Crippen molar-refractivity contribution in [2.24, 2.45) is 17.4 Å². The summed E-state index contributed by atoms with van der Waals surface area (Å²) < 4.78 is 0. The molecule has 5 nitrogen and oxygen atoms in total. The summed E-state index contributed by atoms with van der Waals surface area (Å²) in [6.45, 7) is 3.88. The van der Waals surface area contributed by atoms with E-state index in [4.69, 9.17) is 11.5 Å². The van der Waals surface area contributed by atoms with Crippen LogP contribution in [0, 0.1) is 5.92 Å². The van der Waals surface area contributed by atoms with E-state index in [9.17, 15) is 9.59 Å². The van der Waals surface area contributed by atoms with Crippen LogP contribution in [0.15, 0.2) is 0 Å². The van der Waals surface area contributed by atoms with Gasteiger partial charge in [0, 0.05) is 0 Å². The van der Waals surface area contributed by atoms with E-state index in [0.717, 1.165) is 0 Å². The molecule has 12 heavy (non-hydrogen) atoms. The van der Waals surface area contributed by atoms with Crippen molar-refractivity contribution in [2.45, 2.75) is 26.3 Å². The van der Waals surface area contributed by atoms with Crippen LogP contribution in [-0.2, 0) is 4.79 Å². The number of carbonyl (C=O) groups excluding carboxylic acids is 2. The molecule has 0 saturated carbocycles. The first-order valence-corrected chi connectivity index (χ1v) is 3.79. The van der Waals surface area contributed by atoms with Crippen LogP contribution in [-0.4, -0.2) is 18.0 Å². The van der Waals surface area contributed by atoms with Crippen LogP contribution in [0.3, 0.4) is 0 Å². The van der Waals surface area contributed by atoms with Crippen LogP contribution in [0.5, 0.6) is 0 Å². The number of hydrogen-bond acceptors (Lipinski definition) is 3. The number of nitrogens with two attached hydrogens (primary N) is 2. The molecule has 5 heteroatoms. The van der Waals surface area contributed by atoms with Gasteiger partial charge in [0.25, 0.3) is 0 Å². The fraction of sp³-hybridized carbons (Fsp3) is 0.714. The highest BCUT2D eigenvalue weighted by molar-refractivity contribution is 5.96. The van der Waals surface area contributed by atoms with E-state index in [2.05, 4.69) is 0 Å². The zero-order chi connectivity index (χ0) is 9.72. The first kappa shape index (κ1) is 10.9. The molecule has 0 saturated heterocycles. The van der Waals surface area contributed by atoms with E-state index in [1.165, 1.54) is 0 Å². The monoisotopic (exact) mass is 173 g/mol. The molecule has 0 radical (unpaired) electrons. The molecule has 0 aromatic heterocycles. The van der Waals surface area contributed by atoms with Gasteiger partial charge in [0.15, 0.2) is 0 Å². The zero-order valence-electron chi connectivity index (χ0n) is 7.33. The molecule has 5 N–H and O–H groups in total. The Morgan fingerprint density at radius 2 is 1.92 bits per heavy atom. The molecule has 70 valence electrons. The highest BCUT2D eigenvalue weighted by Gasteiger charge is 2.15. The zero-order valence-corrected chi connectivity index (χ0v) is 7.33. The fourth-order valence-electron chi connectivity index (χ4n) is 0.829.